The number of halogens is 4. The van der Waals surface area contributed by atoms with Crippen LogP contribution in [0.3, 0.4) is 0 Å². The Morgan fingerprint density at radius 1 is 1.00 bits per heavy atom. The second kappa shape index (κ2) is 9.80. The minimum absolute atomic E-state index is 0.0866. The quantitative estimate of drug-likeness (QED) is 0.596. The largest absolute Gasteiger partial charge is 0.416 e. The van der Waals surface area contributed by atoms with Crippen LogP contribution in [0, 0.1) is 5.92 Å². The molecular weight excluding hydrogens is 465 g/mol. The smallest absolute Gasteiger partial charge is 0.349 e. The summed E-state index contributed by atoms with van der Waals surface area (Å²) in [5.41, 5.74) is 0.0246. The van der Waals surface area contributed by atoms with Gasteiger partial charge in [-0.1, -0.05) is 23.7 Å². The molecule has 0 aromatic heterocycles. The Labute approximate surface area is 190 Å². The number of alkyl halides is 3. The third-order valence-corrected chi connectivity index (χ3v) is 7.43. The maximum atomic E-state index is 12.7. The molecule has 2 aromatic rings. The van der Waals surface area contributed by atoms with Gasteiger partial charge in [-0.3, -0.25) is 4.79 Å². The Morgan fingerprint density at radius 3 is 2.09 bits per heavy atom. The van der Waals surface area contributed by atoms with Crippen molar-refractivity contribution in [2.75, 3.05) is 0 Å². The molecule has 0 heterocycles. The molecule has 0 saturated heterocycles. The van der Waals surface area contributed by atoms with Crippen molar-refractivity contribution in [1.82, 2.24) is 10.0 Å². The van der Waals surface area contributed by atoms with Crippen LogP contribution in [0.15, 0.2) is 53.4 Å². The third kappa shape index (κ3) is 6.24. The van der Waals surface area contributed by atoms with Crippen molar-refractivity contribution >= 4 is 27.5 Å². The van der Waals surface area contributed by atoms with Gasteiger partial charge < -0.3 is 5.32 Å². The van der Waals surface area contributed by atoms with Crippen LogP contribution < -0.4 is 10.0 Å². The maximum absolute atomic E-state index is 12.7. The van der Waals surface area contributed by atoms with E-state index in [1.807, 2.05) is 19.1 Å². The molecule has 0 radical (unpaired) electrons. The van der Waals surface area contributed by atoms with Gasteiger partial charge in [0.25, 0.3) is 0 Å². The number of sulfonamides is 1. The van der Waals surface area contributed by atoms with E-state index in [1.54, 1.807) is 12.1 Å². The van der Waals surface area contributed by atoms with Crippen molar-refractivity contribution in [2.45, 2.75) is 55.8 Å². The molecule has 1 fully saturated rings. The summed E-state index contributed by atoms with van der Waals surface area (Å²) in [4.78, 5) is 12.4. The summed E-state index contributed by atoms with van der Waals surface area (Å²) in [6, 6.07) is 10.0. The van der Waals surface area contributed by atoms with Crippen molar-refractivity contribution in [2.24, 2.45) is 5.92 Å². The van der Waals surface area contributed by atoms with E-state index in [9.17, 15) is 26.4 Å². The maximum Gasteiger partial charge on any atom is 0.416 e. The standard InChI is InChI=1S/C22H24ClF3N2O3S/c1-14(15-2-8-18(23)9-3-15)27-21(29)16-4-10-19(11-5-16)28-32(30,31)20-12-6-17(7-13-20)22(24,25)26/h2-3,6-9,12-14,16,19,28H,4-5,10-11H2,1H3,(H,27,29). The molecule has 1 aliphatic carbocycles. The van der Waals surface area contributed by atoms with Gasteiger partial charge in [-0.05, 0) is 74.6 Å². The van der Waals surface area contributed by atoms with E-state index in [1.165, 1.54) is 0 Å². The molecule has 0 spiro atoms. The normalized spacial score (nSPS) is 20.5. The lowest BCUT2D eigenvalue weighted by Gasteiger charge is -2.29. The van der Waals surface area contributed by atoms with Gasteiger partial charge >= 0.3 is 6.18 Å². The van der Waals surface area contributed by atoms with E-state index in [-0.39, 0.29) is 28.8 Å². The van der Waals surface area contributed by atoms with Crippen molar-refractivity contribution in [1.29, 1.82) is 0 Å². The SMILES string of the molecule is CC(NC(=O)C1CCC(NS(=O)(=O)c2ccc(C(F)(F)F)cc2)CC1)c1ccc(Cl)cc1. The number of benzene rings is 2. The highest BCUT2D eigenvalue weighted by atomic mass is 35.5. The minimum atomic E-state index is -4.53. The number of hydrogen-bond acceptors (Lipinski definition) is 3. The number of hydrogen-bond donors (Lipinski definition) is 2. The summed E-state index contributed by atoms with van der Waals surface area (Å²) >= 11 is 5.89. The van der Waals surface area contributed by atoms with Gasteiger partial charge in [0.15, 0.2) is 0 Å². The fraction of sp³-hybridized carbons (Fsp3) is 0.409. The summed E-state index contributed by atoms with van der Waals surface area (Å²) in [5.74, 6) is -0.312. The van der Waals surface area contributed by atoms with Gasteiger partial charge in [-0.2, -0.15) is 13.2 Å². The first-order chi connectivity index (χ1) is 15.0. The molecule has 174 valence electrons. The highest BCUT2D eigenvalue weighted by molar-refractivity contribution is 7.89. The molecular formula is C22H24ClF3N2O3S. The lowest BCUT2D eigenvalue weighted by molar-refractivity contribution is -0.137. The second-order valence-electron chi connectivity index (χ2n) is 7.97. The lowest BCUT2D eigenvalue weighted by atomic mass is 9.85. The fourth-order valence-electron chi connectivity index (χ4n) is 3.75. The topological polar surface area (TPSA) is 75.3 Å². The molecule has 0 aliphatic heterocycles. The zero-order valence-corrected chi connectivity index (χ0v) is 18.9. The van der Waals surface area contributed by atoms with Crippen LogP contribution >= 0.6 is 11.6 Å². The van der Waals surface area contributed by atoms with E-state index >= 15 is 0 Å². The first-order valence-electron chi connectivity index (χ1n) is 10.2. The molecule has 32 heavy (non-hydrogen) atoms. The molecule has 1 atom stereocenters. The predicted molar refractivity (Wildman–Crippen MR) is 116 cm³/mol. The highest BCUT2D eigenvalue weighted by Crippen LogP contribution is 2.30. The van der Waals surface area contributed by atoms with Crippen molar-refractivity contribution in [3.63, 3.8) is 0 Å². The Kier molecular flexibility index (Phi) is 7.52. The van der Waals surface area contributed by atoms with Gasteiger partial charge in [0, 0.05) is 17.0 Å². The minimum Gasteiger partial charge on any atom is -0.349 e. The average molecular weight is 489 g/mol. The van der Waals surface area contributed by atoms with E-state index in [2.05, 4.69) is 10.0 Å². The summed E-state index contributed by atoms with van der Waals surface area (Å²) < 4.78 is 65.6. The van der Waals surface area contributed by atoms with E-state index in [0.29, 0.717) is 30.7 Å². The van der Waals surface area contributed by atoms with Gasteiger partial charge in [0.2, 0.25) is 15.9 Å². The molecule has 0 bridgehead atoms. The number of nitrogens with one attached hydrogen (secondary N) is 2. The van der Waals surface area contributed by atoms with Gasteiger partial charge in [-0.25, -0.2) is 13.1 Å². The lowest BCUT2D eigenvalue weighted by Crippen LogP contribution is -2.41. The number of rotatable bonds is 6. The van der Waals surface area contributed by atoms with E-state index in [0.717, 1.165) is 29.8 Å². The first kappa shape index (κ1) is 24.5. The van der Waals surface area contributed by atoms with Gasteiger partial charge in [-0.15, -0.1) is 0 Å². The summed E-state index contributed by atoms with van der Waals surface area (Å²) in [6.07, 6.45) is -2.57. The fourth-order valence-corrected chi connectivity index (χ4v) is 5.18. The molecule has 1 aliphatic rings. The Hall–Kier alpha value is -2.10. The first-order valence-corrected chi connectivity index (χ1v) is 12.1. The molecule has 10 heteroatoms. The summed E-state index contributed by atoms with van der Waals surface area (Å²) in [6.45, 7) is 1.88. The Balaban J connectivity index is 1.52. The molecule has 1 amide bonds. The predicted octanol–water partition coefficient (Wildman–Crippen LogP) is 5.07. The van der Waals surface area contributed by atoms with Crippen molar-refractivity contribution < 1.29 is 26.4 Å². The van der Waals surface area contributed by atoms with Crippen LogP contribution in [0.1, 0.15) is 49.8 Å². The zero-order valence-electron chi connectivity index (χ0n) is 17.3. The monoisotopic (exact) mass is 488 g/mol. The Morgan fingerprint density at radius 2 is 1.56 bits per heavy atom. The average Bonchev–Trinajstić information content (AvgIpc) is 2.74. The second-order valence-corrected chi connectivity index (χ2v) is 10.1. The van der Waals surface area contributed by atoms with Crippen molar-refractivity contribution in [3.05, 3.63) is 64.7 Å². The van der Waals surface area contributed by atoms with Crippen LogP contribution in [-0.2, 0) is 21.0 Å². The van der Waals surface area contributed by atoms with Crippen molar-refractivity contribution in [3.8, 4) is 0 Å². The molecule has 5 nitrogen and oxygen atoms in total. The van der Waals surface area contributed by atoms with Gasteiger partial charge in [0.05, 0.1) is 16.5 Å². The molecule has 3 rings (SSSR count). The van der Waals surface area contributed by atoms with Crippen LogP contribution in [-0.4, -0.2) is 20.4 Å². The Bertz CT molecular complexity index is 1030. The van der Waals surface area contributed by atoms with Crippen LogP contribution in [0.4, 0.5) is 13.2 Å². The molecule has 1 saturated carbocycles. The molecule has 2 aromatic carbocycles. The number of amides is 1. The van der Waals surface area contributed by atoms with Crippen LogP contribution in [0.25, 0.3) is 0 Å². The van der Waals surface area contributed by atoms with Crippen LogP contribution in [0.5, 0.6) is 0 Å². The summed E-state index contributed by atoms with van der Waals surface area (Å²) in [5, 5.41) is 3.59. The number of carbonyl (C=O) groups is 1. The third-order valence-electron chi connectivity index (χ3n) is 5.64. The number of carbonyl (C=O) groups excluding carboxylic acids is 1. The van der Waals surface area contributed by atoms with E-state index in [4.69, 9.17) is 11.6 Å². The summed E-state index contributed by atoms with van der Waals surface area (Å²) in [7, 11) is -3.95. The molecule has 1 unspecified atom stereocenters. The van der Waals surface area contributed by atoms with E-state index < -0.39 is 21.8 Å². The molecule has 2 N–H and O–H groups in total. The zero-order chi connectivity index (χ0) is 23.5. The highest BCUT2D eigenvalue weighted by Gasteiger charge is 2.32. The van der Waals surface area contributed by atoms with Crippen LogP contribution in [0.2, 0.25) is 5.02 Å². The van der Waals surface area contributed by atoms with Gasteiger partial charge in [0.1, 0.15) is 0 Å².